The van der Waals surface area contributed by atoms with E-state index in [9.17, 15) is 9.59 Å². The molecule has 0 rings (SSSR count). The summed E-state index contributed by atoms with van der Waals surface area (Å²) in [6, 6.07) is 0. The molecule has 0 heterocycles. The number of carboxylic acids is 1. The largest absolute Gasteiger partial charge is 0.476 e. The van der Waals surface area contributed by atoms with Crippen molar-refractivity contribution in [2.45, 2.75) is 20.0 Å². The molecule has 0 aliphatic heterocycles. The minimum atomic E-state index is -1.38. The van der Waals surface area contributed by atoms with Crippen LogP contribution in [0.5, 0.6) is 0 Å². The summed E-state index contributed by atoms with van der Waals surface area (Å²) in [6.45, 7) is 2.39. The molecule has 0 aromatic rings. The number of carbonyl (C=O) groups excluding carboxylic acids is 1. The number of Topliss-reactive ketones (excluding diaryl/α,β-unsaturated/α-hetero) is 1. The van der Waals surface area contributed by atoms with E-state index in [0.717, 1.165) is 6.92 Å². The predicted molar refractivity (Wildman–Crippen MR) is 37.1 cm³/mol. The van der Waals surface area contributed by atoms with Crippen molar-refractivity contribution in [1.29, 1.82) is 0 Å². The molecule has 1 unspecified atom stereocenters. The predicted octanol–water partition coefficient (Wildman–Crippen LogP) is -0.980. The number of aliphatic carboxylic acids is 1. The fourth-order valence-electron chi connectivity index (χ4n) is 0. The van der Waals surface area contributed by atoms with Gasteiger partial charge in [-0.15, -0.1) is 0 Å². The molecule has 0 amide bonds. The lowest BCUT2D eigenvalue weighted by atomic mass is 10.5. The van der Waals surface area contributed by atoms with Gasteiger partial charge in [0.2, 0.25) is 5.78 Å². The molecule has 0 bridgehead atoms. The number of hydrogen-bond acceptors (Lipinski definition) is 4. The summed E-state index contributed by atoms with van der Waals surface area (Å²) in [4.78, 5) is 18.9. The molecule has 5 heteroatoms. The highest BCUT2D eigenvalue weighted by atomic mass is 16.4. The van der Waals surface area contributed by atoms with Gasteiger partial charge < -0.3 is 15.3 Å². The Labute approximate surface area is 64.3 Å². The molecule has 0 radical (unpaired) electrons. The lowest BCUT2D eigenvalue weighted by Crippen LogP contribution is -2.05. The second-order valence-corrected chi connectivity index (χ2v) is 1.89. The lowest BCUT2D eigenvalue weighted by molar-refractivity contribution is -0.148. The molecule has 0 aliphatic carbocycles. The topological polar surface area (TPSA) is 94.8 Å². The molecule has 0 saturated carbocycles. The summed E-state index contributed by atoms with van der Waals surface area (Å²) >= 11 is 0. The molecule has 3 N–H and O–H groups in total. The second-order valence-electron chi connectivity index (χ2n) is 1.89. The maximum Gasteiger partial charge on any atom is 0.371 e. The molecule has 66 valence electrons. The molecule has 0 aliphatic rings. The number of aliphatic hydroxyl groups is 2. The van der Waals surface area contributed by atoms with Crippen LogP contribution in [0.1, 0.15) is 13.8 Å². The second kappa shape index (κ2) is 7.17. The number of carboxylic acid groups (broad SMARTS) is 1. The Bertz CT molecular complexity index is 117. The van der Waals surface area contributed by atoms with Crippen molar-refractivity contribution in [3.05, 3.63) is 0 Å². The van der Waals surface area contributed by atoms with Gasteiger partial charge in [-0.3, -0.25) is 4.79 Å². The van der Waals surface area contributed by atoms with Crippen LogP contribution in [0.2, 0.25) is 0 Å². The zero-order valence-corrected chi connectivity index (χ0v) is 6.44. The van der Waals surface area contributed by atoms with E-state index in [0.29, 0.717) is 0 Å². The Hall–Kier alpha value is -0.940. The quantitative estimate of drug-likeness (QED) is 0.456. The SMILES string of the molecule is CC(=O)C(=O)O.CC(O)CO. The number of aliphatic hydroxyl groups excluding tert-OH is 2. The molecular weight excluding hydrogens is 152 g/mol. The summed E-state index contributed by atoms with van der Waals surface area (Å²) < 4.78 is 0. The molecule has 1 atom stereocenters. The molecule has 0 aromatic heterocycles. The summed E-state index contributed by atoms with van der Waals surface area (Å²) in [5.41, 5.74) is 0. The summed E-state index contributed by atoms with van der Waals surface area (Å²) in [5, 5.41) is 23.6. The minimum absolute atomic E-state index is 0.139. The van der Waals surface area contributed by atoms with Crippen LogP contribution in [0, 0.1) is 0 Å². The van der Waals surface area contributed by atoms with E-state index < -0.39 is 17.9 Å². The summed E-state index contributed by atoms with van der Waals surface area (Å²) in [7, 11) is 0. The molecular formula is C6H12O5. The molecule has 0 fully saturated rings. The fourth-order valence-corrected chi connectivity index (χ4v) is 0. The van der Waals surface area contributed by atoms with Crippen molar-refractivity contribution in [1.82, 2.24) is 0 Å². The van der Waals surface area contributed by atoms with Crippen LogP contribution in [0.15, 0.2) is 0 Å². The van der Waals surface area contributed by atoms with E-state index in [1.54, 1.807) is 0 Å². The first-order valence-corrected chi connectivity index (χ1v) is 2.94. The van der Waals surface area contributed by atoms with Crippen molar-refractivity contribution in [3.63, 3.8) is 0 Å². The van der Waals surface area contributed by atoms with Gasteiger partial charge in [-0.2, -0.15) is 0 Å². The normalized spacial score (nSPS) is 10.9. The van der Waals surface area contributed by atoms with Gasteiger partial charge >= 0.3 is 5.97 Å². The van der Waals surface area contributed by atoms with Crippen LogP contribution in [-0.2, 0) is 9.59 Å². The van der Waals surface area contributed by atoms with Gasteiger partial charge in [0.25, 0.3) is 0 Å². The fraction of sp³-hybridized carbons (Fsp3) is 0.667. The molecule has 0 spiro atoms. The van der Waals surface area contributed by atoms with Crippen LogP contribution in [0.4, 0.5) is 0 Å². The Kier molecular flexibility index (Phi) is 8.29. The highest BCUT2D eigenvalue weighted by Crippen LogP contribution is 1.68. The molecule has 0 aromatic carbocycles. The lowest BCUT2D eigenvalue weighted by Gasteiger charge is -1.90. The van der Waals surface area contributed by atoms with E-state index in [4.69, 9.17) is 15.3 Å². The Morgan fingerprint density at radius 1 is 1.45 bits per heavy atom. The van der Waals surface area contributed by atoms with Gasteiger partial charge in [0.15, 0.2) is 0 Å². The van der Waals surface area contributed by atoms with E-state index in [1.165, 1.54) is 6.92 Å². The van der Waals surface area contributed by atoms with Crippen molar-refractivity contribution in [2.24, 2.45) is 0 Å². The third kappa shape index (κ3) is 17.6. The van der Waals surface area contributed by atoms with Crippen LogP contribution >= 0.6 is 0 Å². The molecule has 11 heavy (non-hydrogen) atoms. The van der Waals surface area contributed by atoms with E-state index in [2.05, 4.69) is 0 Å². The zero-order valence-electron chi connectivity index (χ0n) is 6.44. The van der Waals surface area contributed by atoms with Gasteiger partial charge in [0.1, 0.15) is 0 Å². The smallest absolute Gasteiger partial charge is 0.371 e. The van der Waals surface area contributed by atoms with Gasteiger partial charge in [-0.25, -0.2) is 4.79 Å². The molecule has 5 nitrogen and oxygen atoms in total. The van der Waals surface area contributed by atoms with Gasteiger partial charge in [0, 0.05) is 6.92 Å². The first-order valence-electron chi connectivity index (χ1n) is 2.94. The van der Waals surface area contributed by atoms with Crippen molar-refractivity contribution >= 4 is 11.8 Å². The van der Waals surface area contributed by atoms with Gasteiger partial charge in [0.05, 0.1) is 12.7 Å². The number of carbonyl (C=O) groups is 2. The Morgan fingerprint density at radius 3 is 1.64 bits per heavy atom. The van der Waals surface area contributed by atoms with Crippen molar-refractivity contribution in [3.8, 4) is 0 Å². The van der Waals surface area contributed by atoms with E-state index in [-0.39, 0.29) is 6.61 Å². The maximum atomic E-state index is 9.54. The monoisotopic (exact) mass is 164 g/mol. The van der Waals surface area contributed by atoms with Gasteiger partial charge in [-0.05, 0) is 6.92 Å². The van der Waals surface area contributed by atoms with E-state index in [1.807, 2.05) is 0 Å². The Balaban J connectivity index is 0. The van der Waals surface area contributed by atoms with Crippen LogP contribution < -0.4 is 0 Å². The summed E-state index contributed by atoms with van der Waals surface area (Å²) in [5.74, 6) is -2.20. The number of ketones is 1. The highest BCUT2D eigenvalue weighted by Gasteiger charge is 1.98. The summed E-state index contributed by atoms with van der Waals surface area (Å²) in [6.07, 6.45) is -0.560. The minimum Gasteiger partial charge on any atom is -0.476 e. The number of hydrogen-bond donors (Lipinski definition) is 3. The zero-order chi connectivity index (χ0) is 9.44. The average Bonchev–Trinajstić information content (AvgIpc) is 1.89. The van der Waals surface area contributed by atoms with Crippen LogP contribution in [0.25, 0.3) is 0 Å². The van der Waals surface area contributed by atoms with Crippen molar-refractivity contribution in [2.75, 3.05) is 6.61 Å². The number of rotatable bonds is 2. The van der Waals surface area contributed by atoms with Crippen molar-refractivity contribution < 1.29 is 24.9 Å². The first-order chi connectivity index (χ1) is 4.91. The van der Waals surface area contributed by atoms with Crippen LogP contribution in [0.3, 0.4) is 0 Å². The third-order valence-electron chi connectivity index (χ3n) is 0.565. The average molecular weight is 164 g/mol. The van der Waals surface area contributed by atoms with Crippen LogP contribution in [-0.4, -0.2) is 39.8 Å². The Morgan fingerprint density at radius 2 is 1.64 bits per heavy atom. The molecule has 0 saturated heterocycles. The maximum absolute atomic E-state index is 9.54. The highest BCUT2D eigenvalue weighted by molar-refractivity contribution is 6.31. The first kappa shape index (κ1) is 12.7. The third-order valence-corrected chi connectivity index (χ3v) is 0.565. The van der Waals surface area contributed by atoms with Gasteiger partial charge in [-0.1, -0.05) is 0 Å². The van der Waals surface area contributed by atoms with E-state index >= 15 is 0 Å². The standard InChI is InChI=1S/C3H4O3.C3H8O2/c1-2(4)3(5)6;1-3(5)2-4/h1H3,(H,5,6);3-5H,2H2,1H3.